The molecule has 1 atom stereocenters. The number of carbonyl (C=O) groups excluding carboxylic acids is 2. The van der Waals surface area contributed by atoms with Gasteiger partial charge in [-0.15, -0.1) is 0 Å². The molecule has 10 rings (SSSR count). The number of halogens is 2. The Hall–Kier alpha value is -5.70. The van der Waals surface area contributed by atoms with E-state index in [2.05, 4.69) is 77.8 Å². The van der Waals surface area contributed by atoms with Gasteiger partial charge in [-0.2, -0.15) is 10.1 Å². The number of nitrogens with zero attached hydrogens (tertiary/aromatic N) is 10. The normalized spacial score (nSPS) is 18.9. The number of aryl methyl sites for hydroxylation is 1. The summed E-state index contributed by atoms with van der Waals surface area (Å²) in [5, 5.41) is 12.7. The number of para-hydroxylation sites is 1. The predicted molar refractivity (Wildman–Crippen MR) is 231 cm³/mol. The Morgan fingerprint density at radius 2 is 1.61 bits per heavy atom. The first-order valence-corrected chi connectivity index (χ1v) is 21.0. The van der Waals surface area contributed by atoms with Crippen LogP contribution in [0.25, 0.3) is 16.7 Å². The lowest BCUT2D eigenvalue weighted by atomic mass is 9.92. The predicted octanol–water partition coefficient (Wildman–Crippen LogP) is 6.81. The zero-order valence-electron chi connectivity index (χ0n) is 32.7. The van der Waals surface area contributed by atoms with Gasteiger partial charge >= 0.3 is 0 Å². The molecule has 2 N–H and O–H groups in total. The van der Waals surface area contributed by atoms with E-state index in [0.29, 0.717) is 52.9 Å². The van der Waals surface area contributed by atoms with E-state index in [0.717, 1.165) is 92.3 Å². The van der Waals surface area contributed by atoms with E-state index in [-0.39, 0.29) is 11.8 Å². The Bertz CT molecular complexity index is 2540. The molecule has 3 aromatic carbocycles. The molecule has 0 saturated carbocycles. The minimum absolute atomic E-state index is 0.207. The molecule has 4 aliphatic rings. The van der Waals surface area contributed by atoms with Gasteiger partial charge in [-0.05, 0) is 79.8 Å². The summed E-state index contributed by atoms with van der Waals surface area (Å²) in [4.78, 5) is 48.0. The lowest BCUT2D eigenvalue weighted by Crippen LogP contribution is -2.49. The number of imidazole rings is 1. The Balaban J connectivity index is 0.712. The average Bonchev–Trinajstić information content (AvgIpc) is 3.87. The average molecular weight is 832 g/mol. The molecule has 14 nitrogen and oxygen atoms in total. The van der Waals surface area contributed by atoms with Crippen LogP contribution in [0.5, 0.6) is 0 Å². The molecule has 2 amide bonds. The number of hydrogen-bond donors (Lipinski definition) is 2. The minimum Gasteiger partial charge on any atom is -0.371 e. The molecular formula is C43H44Cl2N12O2. The van der Waals surface area contributed by atoms with Crippen LogP contribution < -0.4 is 25.3 Å². The summed E-state index contributed by atoms with van der Waals surface area (Å²) in [6.45, 7) is 7.75. The maximum atomic E-state index is 12.6. The molecule has 59 heavy (non-hydrogen) atoms. The molecule has 3 aromatic heterocycles. The van der Waals surface area contributed by atoms with Crippen LogP contribution >= 0.6 is 23.2 Å². The fraction of sp³-hybridized carbons (Fsp3) is 0.349. The summed E-state index contributed by atoms with van der Waals surface area (Å²) in [7, 11) is 1.93. The van der Waals surface area contributed by atoms with E-state index in [1.807, 2.05) is 51.8 Å². The third kappa shape index (κ3) is 7.23. The van der Waals surface area contributed by atoms with Gasteiger partial charge in [-0.3, -0.25) is 29.1 Å². The van der Waals surface area contributed by atoms with Gasteiger partial charge in [0.1, 0.15) is 5.82 Å². The van der Waals surface area contributed by atoms with E-state index < -0.39 is 5.92 Å². The maximum absolute atomic E-state index is 12.6. The van der Waals surface area contributed by atoms with E-state index >= 15 is 0 Å². The van der Waals surface area contributed by atoms with Crippen LogP contribution in [0.1, 0.15) is 42.9 Å². The molecule has 0 spiro atoms. The highest BCUT2D eigenvalue weighted by Gasteiger charge is 2.33. The van der Waals surface area contributed by atoms with E-state index in [1.54, 1.807) is 6.20 Å². The largest absolute Gasteiger partial charge is 0.371 e. The number of benzene rings is 3. The van der Waals surface area contributed by atoms with Crippen LogP contribution in [0.15, 0.2) is 79.3 Å². The zero-order chi connectivity index (χ0) is 40.2. The lowest BCUT2D eigenvalue weighted by molar-refractivity contribution is -0.134. The lowest BCUT2D eigenvalue weighted by Gasteiger charge is -2.40. The second-order valence-corrected chi connectivity index (χ2v) is 16.7. The zero-order valence-corrected chi connectivity index (χ0v) is 34.2. The highest BCUT2D eigenvalue weighted by atomic mass is 35.5. The van der Waals surface area contributed by atoms with Gasteiger partial charge in [0, 0.05) is 106 Å². The quantitative estimate of drug-likeness (QED) is 0.157. The molecule has 3 fully saturated rings. The summed E-state index contributed by atoms with van der Waals surface area (Å²) < 4.78 is 3.80. The monoisotopic (exact) mass is 830 g/mol. The third-order valence-corrected chi connectivity index (χ3v) is 12.9. The number of piperazine rings is 1. The number of anilines is 6. The topological polar surface area (TPSA) is 133 Å². The second-order valence-electron chi connectivity index (χ2n) is 15.9. The van der Waals surface area contributed by atoms with Crippen LogP contribution in [0.4, 0.5) is 34.6 Å². The standard InChI is InChI=1S/C43H44Cl2N12O2/c1-52-36-23-31(9-10-32(36)38(51-52)33-11-12-37(58)49-41(33)59)54-16-13-27(14-17-54)25-53-19-21-55(22-20-53)30-7-5-29(6-8-30)48-42-47-24-28-26-57(39-34(44)3-2-4-35(39)45)43-46-15-18-56(43)40(28)50-42/h2-10,15,18,23-24,27,33H,11-14,16-17,19-22,25-26H2,1H3,(H,47,48,50)(H,49,58,59). The maximum Gasteiger partial charge on any atom is 0.235 e. The smallest absolute Gasteiger partial charge is 0.235 e. The fourth-order valence-corrected chi connectivity index (χ4v) is 9.70. The van der Waals surface area contributed by atoms with Crippen molar-refractivity contribution in [3.63, 3.8) is 0 Å². The number of amides is 2. The van der Waals surface area contributed by atoms with Gasteiger partial charge in [0.25, 0.3) is 0 Å². The minimum atomic E-state index is -0.393. The summed E-state index contributed by atoms with van der Waals surface area (Å²) >= 11 is 13.1. The SMILES string of the molecule is Cn1nc(C2CCC(=O)NC2=O)c2ccc(N3CCC(CN4CCN(c5ccc(Nc6ncc7c(n6)-n6ccnc6N(c6c(Cl)cccc6Cl)C7)cc5)CC4)CC3)cc21. The van der Waals surface area contributed by atoms with Crippen molar-refractivity contribution in [2.45, 2.75) is 38.1 Å². The molecule has 16 heteroatoms. The molecule has 7 heterocycles. The van der Waals surface area contributed by atoms with Crippen LogP contribution in [0.2, 0.25) is 10.0 Å². The van der Waals surface area contributed by atoms with Crippen molar-refractivity contribution in [1.82, 2.24) is 39.5 Å². The fourth-order valence-electron chi connectivity index (χ4n) is 9.10. The molecule has 6 aromatic rings. The van der Waals surface area contributed by atoms with Crippen molar-refractivity contribution in [1.29, 1.82) is 0 Å². The van der Waals surface area contributed by atoms with Gasteiger partial charge in [0.05, 0.1) is 39.4 Å². The van der Waals surface area contributed by atoms with Gasteiger partial charge in [0.15, 0.2) is 0 Å². The van der Waals surface area contributed by atoms with Gasteiger partial charge in [0.2, 0.25) is 23.7 Å². The number of piperidine rings is 2. The van der Waals surface area contributed by atoms with Crippen molar-refractivity contribution in [3.8, 4) is 5.82 Å². The van der Waals surface area contributed by atoms with Crippen molar-refractivity contribution < 1.29 is 9.59 Å². The number of aromatic nitrogens is 6. The first-order chi connectivity index (χ1) is 28.8. The molecule has 0 bridgehead atoms. The Labute approximate surface area is 351 Å². The van der Waals surface area contributed by atoms with Gasteiger partial charge < -0.3 is 20.0 Å². The Morgan fingerprint density at radius 3 is 2.37 bits per heavy atom. The van der Waals surface area contributed by atoms with Crippen molar-refractivity contribution in [3.05, 3.63) is 101 Å². The van der Waals surface area contributed by atoms with Crippen molar-refractivity contribution in [2.24, 2.45) is 13.0 Å². The molecule has 302 valence electrons. The first kappa shape index (κ1) is 37.6. The molecule has 0 radical (unpaired) electrons. The number of rotatable bonds is 8. The van der Waals surface area contributed by atoms with Crippen LogP contribution in [-0.2, 0) is 23.2 Å². The van der Waals surface area contributed by atoms with Gasteiger partial charge in [-0.25, -0.2) is 9.97 Å². The van der Waals surface area contributed by atoms with E-state index in [4.69, 9.17) is 33.3 Å². The summed E-state index contributed by atoms with van der Waals surface area (Å²) in [5.74, 6) is 1.79. The van der Waals surface area contributed by atoms with Crippen LogP contribution in [0.3, 0.4) is 0 Å². The van der Waals surface area contributed by atoms with Gasteiger partial charge in [-0.1, -0.05) is 29.3 Å². The van der Waals surface area contributed by atoms with Crippen molar-refractivity contribution in [2.75, 3.05) is 65.8 Å². The Morgan fingerprint density at radius 1 is 0.864 bits per heavy atom. The second kappa shape index (κ2) is 15.5. The highest BCUT2D eigenvalue weighted by molar-refractivity contribution is 6.39. The van der Waals surface area contributed by atoms with Crippen LogP contribution in [-0.4, -0.2) is 91.8 Å². The molecule has 4 aliphatic heterocycles. The molecule has 1 unspecified atom stereocenters. The number of hydrogen-bond acceptors (Lipinski definition) is 11. The number of fused-ring (bicyclic) bond motifs is 4. The number of nitrogens with one attached hydrogen (secondary N) is 2. The van der Waals surface area contributed by atoms with Crippen LogP contribution in [0, 0.1) is 5.92 Å². The number of imide groups is 1. The summed E-state index contributed by atoms with van der Waals surface area (Å²) in [6.07, 6.45) is 8.63. The molecular weight excluding hydrogens is 787 g/mol. The first-order valence-electron chi connectivity index (χ1n) is 20.3. The summed E-state index contributed by atoms with van der Waals surface area (Å²) in [6, 6.07) is 20.5. The van der Waals surface area contributed by atoms with E-state index in [9.17, 15) is 9.59 Å². The van der Waals surface area contributed by atoms with E-state index in [1.165, 1.54) is 11.4 Å². The third-order valence-electron chi connectivity index (χ3n) is 12.3. The Kier molecular flexibility index (Phi) is 9.85. The highest BCUT2D eigenvalue weighted by Crippen LogP contribution is 2.42. The summed E-state index contributed by atoms with van der Waals surface area (Å²) in [5.41, 5.74) is 6.74. The van der Waals surface area contributed by atoms with Crippen molar-refractivity contribution >= 4 is 80.6 Å². The molecule has 3 saturated heterocycles. The molecule has 0 aliphatic carbocycles. The number of carbonyl (C=O) groups is 2.